The first kappa shape index (κ1) is 18.8. The number of halogens is 2. The maximum Gasteiger partial charge on any atom is 0.228 e. The SMILES string of the molecule is CCN(C(=O)C1CC1C(=O)Nc1ccc(F)cc1F)C1CCS(=O)(=O)C1. The molecule has 3 rings (SSSR count). The van der Waals surface area contributed by atoms with E-state index in [4.69, 9.17) is 0 Å². The molecule has 9 heteroatoms. The summed E-state index contributed by atoms with van der Waals surface area (Å²) in [5.74, 6) is -3.45. The van der Waals surface area contributed by atoms with Crippen molar-refractivity contribution >= 4 is 27.3 Å². The lowest BCUT2D eigenvalue weighted by Gasteiger charge is -2.27. The molecule has 1 saturated heterocycles. The predicted molar refractivity (Wildman–Crippen MR) is 91.0 cm³/mol. The minimum Gasteiger partial charge on any atom is -0.339 e. The highest BCUT2D eigenvalue weighted by atomic mass is 32.2. The molecule has 26 heavy (non-hydrogen) atoms. The monoisotopic (exact) mass is 386 g/mol. The van der Waals surface area contributed by atoms with Crippen molar-refractivity contribution in [3.8, 4) is 0 Å². The van der Waals surface area contributed by atoms with Crippen molar-refractivity contribution in [3.63, 3.8) is 0 Å². The first-order valence-electron chi connectivity index (χ1n) is 8.48. The summed E-state index contributed by atoms with van der Waals surface area (Å²) in [6.07, 6.45) is 0.746. The van der Waals surface area contributed by atoms with Gasteiger partial charge in [-0.15, -0.1) is 0 Å². The molecule has 2 amide bonds. The lowest BCUT2D eigenvalue weighted by atomic mass is 10.2. The zero-order valence-electron chi connectivity index (χ0n) is 14.2. The Kier molecular flexibility index (Phi) is 5.01. The second-order valence-corrected chi connectivity index (χ2v) is 8.97. The number of benzene rings is 1. The van der Waals surface area contributed by atoms with Crippen LogP contribution in [0, 0.1) is 23.5 Å². The van der Waals surface area contributed by atoms with E-state index in [1.807, 2.05) is 0 Å². The number of carbonyl (C=O) groups excluding carboxylic acids is 2. The maximum absolute atomic E-state index is 13.6. The zero-order chi connectivity index (χ0) is 19.1. The number of hydrogen-bond donors (Lipinski definition) is 1. The van der Waals surface area contributed by atoms with E-state index in [9.17, 15) is 26.8 Å². The summed E-state index contributed by atoms with van der Waals surface area (Å²) in [7, 11) is -3.11. The van der Waals surface area contributed by atoms with Gasteiger partial charge in [0.05, 0.1) is 29.0 Å². The van der Waals surface area contributed by atoms with Gasteiger partial charge in [-0.25, -0.2) is 17.2 Å². The van der Waals surface area contributed by atoms with E-state index in [2.05, 4.69) is 5.32 Å². The van der Waals surface area contributed by atoms with Crippen LogP contribution < -0.4 is 5.32 Å². The fraction of sp³-hybridized carbons (Fsp3) is 0.529. The topological polar surface area (TPSA) is 83.6 Å². The van der Waals surface area contributed by atoms with Crippen LogP contribution in [0.2, 0.25) is 0 Å². The molecule has 0 spiro atoms. The molecule has 3 unspecified atom stereocenters. The average Bonchev–Trinajstić information content (AvgIpc) is 3.29. The molecule has 1 aromatic rings. The van der Waals surface area contributed by atoms with Crippen molar-refractivity contribution in [2.45, 2.75) is 25.8 Å². The number of sulfone groups is 1. The van der Waals surface area contributed by atoms with Crippen LogP contribution in [-0.2, 0) is 19.4 Å². The van der Waals surface area contributed by atoms with Gasteiger partial charge in [0.2, 0.25) is 11.8 Å². The molecule has 142 valence electrons. The van der Waals surface area contributed by atoms with Gasteiger partial charge in [0.15, 0.2) is 9.84 Å². The van der Waals surface area contributed by atoms with E-state index in [1.54, 1.807) is 6.92 Å². The molecule has 1 aromatic carbocycles. The molecule has 1 saturated carbocycles. The summed E-state index contributed by atoms with van der Waals surface area (Å²) in [6.45, 7) is 2.14. The average molecular weight is 386 g/mol. The van der Waals surface area contributed by atoms with E-state index < -0.39 is 39.2 Å². The van der Waals surface area contributed by atoms with Crippen LogP contribution in [0.3, 0.4) is 0 Å². The van der Waals surface area contributed by atoms with Crippen molar-refractivity contribution in [2.75, 3.05) is 23.4 Å². The fourth-order valence-electron chi connectivity index (χ4n) is 3.40. The molecule has 0 bridgehead atoms. The minimum absolute atomic E-state index is 0.0447. The third-order valence-electron chi connectivity index (χ3n) is 4.91. The van der Waals surface area contributed by atoms with Gasteiger partial charge in [-0.1, -0.05) is 0 Å². The van der Waals surface area contributed by atoms with E-state index in [-0.39, 0.29) is 29.1 Å². The lowest BCUT2D eigenvalue weighted by Crippen LogP contribution is -2.42. The third kappa shape index (κ3) is 3.87. The van der Waals surface area contributed by atoms with Gasteiger partial charge in [0, 0.05) is 18.7 Å². The number of carbonyl (C=O) groups is 2. The molecule has 0 aromatic heterocycles. The predicted octanol–water partition coefficient (Wildman–Crippen LogP) is 1.58. The van der Waals surface area contributed by atoms with Crippen molar-refractivity contribution in [2.24, 2.45) is 11.8 Å². The van der Waals surface area contributed by atoms with Crippen molar-refractivity contribution in [1.82, 2.24) is 4.90 Å². The van der Waals surface area contributed by atoms with Gasteiger partial charge in [-0.2, -0.15) is 0 Å². The standard InChI is InChI=1S/C17H20F2N2O4S/c1-2-21(11-5-6-26(24,25)9-11)17(23)13-8-12(13)16(22)20-15-4-3-10(18)7-14(15)19/h3-4,7,11-13H,2,5-6,8-9H2,1H3,(H,20,22). The molecule has 1 aliphatic carbocycles. The van der Waals surface area contributed by atoms with Crippen molar-refractivity contribution in [1.29, 1.82) is 0 Å². The Morgan fingerprint density at radius 1 is 1.27 bits per heavy atom. The smallest absolute Gasteiger partial charge is 0.228 e. The van der Waals surface area contributed by atoms with Gasteiger partial charge < -0.3 is 10.2 Å². The van der Waals surface area contributed by atoms with Crippen molar-refractivity contribution < 1.29 is 26.8 Å². The Balaban J connectivity index is 1.61. The highest BCUT2D eigenvalue weighted by Crippen LogP contribution is 2.41. The lowest BCUT2D eigenvalue weighted by molar-refractivity contribution is -0.135. The summed E-state index contributed by atoms with van der Waals surface area (Å²) in [4.78, 5) is 26.4. The summed E-state index contributed by atoms with van der Waals surface area (Å²) in [5, 5.41) is 2.38. The number of amides is 2. The molecule has 0 radical (unpaired) electrons. The van der Waals surface area contributed by atoms with Gasteiger partial charge in [0.25, 0.3) is 0 Å². The van der Waals surface area contributed by atoms with Gasteiger partial charge in [-0.3, -0.25) is 9.59 Å². The molecule has 1 aliphatic heterocycles. The summed E-state index contributed by atoms with van der Waals surface area (Å²) >= 11 is 0. The van der Waals surface area contributed by atoms with E-state index >= 15 is 0 Å². The molecular weight excluding hydrogens is 366 g/mol. The summed E-state index contributed by atoms with van der Waals surface area (Å²) < 4.78 is 49.8. The van der Waals surface area contributed by atoms with Crippen molar-refractivity contribution in [3.05, 3.63) is 29.8 Å². The Labute approximate surface area is 150 Å². The molecule has 3 atom stereocenters. The molecule has 1 heterocycles. The Hall–Kier alpha value is -2.03. The number of anilines is 1. The molecular formula is C17H20F2N2O4S. The van der Waals surface area contributed by atoms with Crippen LogP contribution in [0.25, 0.3) is 0 Å². The molecule has 2 aliphatic rings. The number of nitrogens with zero attached hydrogens (tertiary/aromatic N) is 1. The van der Waals surface area contributed by atoms with Crippen LogP contribution in [0.5, 0.6) is 0 Å². The third-order valence-corrected chi connectivity index (χ3v) is 6.66. The van der Waals surface area contributed by atoms with Crippen LogP contribution >= 0.6 is 0 Å². The molecule has 2 fully saturated rings. The normalized spacial score (nSPS) is 26.3. The number of hydrogen-bond acceptors (Lipinski definition) is 4. The quantitative estimate of drug-likeness (QED) is 0.833. The fourth-order valence-corrected chi connectivity index (χ4v) is 5.13. The second-order valence-electron chi connectivity index (χ2n) is 6.74. The van der Waals surface area contributed by atoms with Crippen LogP contribution in [0.4, 0.5) is 14.5 Å². The van der Waals surface area contributed by atoms with Gasteiger partial charge >= 0.3 is 0 Å². The summed E-state index contributed by atoms with van der Waals surface area (Å²) in [5.41, 5.74) is -0.135. The Morgan fingerprint density at radius 3 is 2.58 bits per heavy atom. The summed E-state index contributed by atoms with van der Waals surface area (Å²) in [6, 6.07) is 2.48. The van der Waals surface area contributed by atoms with Gasteiger partial charge in [-0.05, 0) is 31.9 Å². The minimum atomic E-state index is -3.11. The Morgan fingerprint density at radius 2 is 2.00 bits per heavy atom. The molecule has 6 nitrogen and oxygen atoms in total. The largest absolute Gasteiger partial charge is 0.339 e. The zero-order valence-corrected chi connectivity index (χ0v) is 15.1. The number of rotatable bonds is 5. The van der Waals surface area contributed by atoms with Crippen LogP contribution in [-0.4, -0.2) is 49.2 Å². The van der Waals surface area contributed by atoms with E-state index in [0.717, 1.165) is 12.1 Å². The van der Waals surface area contributed by atoms with E-state index in [0.29, 0.717) is 25.5 Å². The number of nitrogens with one attached hydrogen (secondary N) is 1. The Bertz CT molecular complexity index is 843. The maximum atomic E-state index is 13.6. The highest BCUT2D eigenvalue weighted by Gasteiger charge is 2.51. The van der Waals surface area contributed by atoms with E-state index in [1.165, 1.54) is 4.90 Å². The van der Waals surface area contributed by atoms with Gasteiger partial charge in [0.1, 0.15) is 11.6 Å². The first-order chi connectivity index (χ1) is 12.2. The highest BCUT2D eigenvalue weighted by molar-refractivity contribution is 7.91. The second kappa shape index (κ2) is 6.94. The first-order valence-corrected chi connectivity index (χ1v) is 10.3. The molecule has 1 N–H and O–H groups in total. The van der Waals surface area contributed by atoms with Crippen LogP contribution in [0.15, 0.2) is 18.2 Å². The van der Waals surface area contributed by atoms with Crippen LogP contribution in [0.1, 0.15) is 19.8 Å².